The maximum absolute atomic E-state index is 12.3. The molecule has 0 aliphatic heterocycles. The van der Waals surface area contributed by atoms with Crippen molar-refractivity contribution in [2.75, 3.05) is 13.2 Å². The van der Waals surface area contributed by atoms with Crippen molar-refractivity contribution in [2.24, 2.45) is 0 Å². The van der Waals surface area contributed by atoms with E-state index >= 15 is 0 Å². The number of carbonyl (C=O) groups is 1. The maximum Gasteiger partial charge on any atom is 0.270 e. The number of rotatable bonds is 6. The summed E-state index contributed by atoms with van der Waals surface area (Å²) in [7, 11) is 0. The van der Waals surface area contributed by atoms with Gasteiger partial charge in [-0.2, -0.15) is 0 Å². The van der Waals surface area contributed by atoms with Gasteiger partial charge in [-0.05, 0) is 32.4 Å². The van der Waals surface area contributed by atoms with Crippen molar-refractivity contribution < 1.29 is 9.90 Å². The molecular formula is C13H22N2O2. The molecule has 0 fully saturated rings. The van der Waals surface area contributed by atoms with Gasteiger partial charge in [0.25, 0.3) is 5.91 Å². The van der Waals surface area contributed by atoms with Crippen LogP contribution in [0.4, 0.5) is 0 Å². The van der Waals surface area contributed by atoms with E-state index in [-0.39, 0.29) is 18.6 Å². The van der Waals surface area contributed by atoms with Crippen LogP contribution in [-0.2, 0) is 6.54 Å². The Morgan fingerprint density at radius 3 is 2.76 bits per heavy atom. The molecule has 1 rings (SSSR count). The van der Waals surface area contributed by atoms with Gasteiger partial charge in [-0.25, -0.2) is 0 Å². The average molecular weight is 238 g/mol. The van der Waals surface area contributed by atoms with Crippen LogP contribution in [0.3, 0.4) is 0 Å². The molecule has 0 saturated carbocycles. The van der Waals surface area contributed by atoms with Crippen LogP contribution in [0.1, 0.15) is 37.7 Å². The lowest BCUT2D eigenvalue weighted by molar-refractivity contribution is 0.0654. The van der Waals surface area contributed by atoms with Crippen LogP contribution in [0.25, 0.3) is 0 Å². The topological polar surface area (TPSA) is 45.5 Å². The number of hydrogen-bond acceptors (Lipinski definition) is 2. The van der Waals surface area contributed by atoms with Gasteiger partial charge in [-0.15, -0.1) is 0 Å². The van der Waals surface area contributed by atoms with Crippen molar-refractivity contribution in [3.8, 4) is 0 Å². The fourth-order valence-electron chi connectivity index (χ4n) is 1.89. The second kappa shape index (κ2) is 6.45. The molecule has 0 unspecified atom stereocenters. The highest BCUT2D eigenvalue weighted by molar-refractivity contribution is 5.93. The molecule has 17 heavy (non-hydrogen) atoms. The minimum absolute atomic E-state index is 0.00158. The molecule has 0 aliphatic carbocycles. The van der Waals surface area contributed by atoms with E-state index < -0.39 is 0 Å². The van der Waals surface area contributed by atoms with Crippen LogP contribution < -0.4 is 0 Å². The lowest BCUT2D eigenvalue weighted by Gasteiger charge is -2.26. The third-order valence-corrected chi connectivity index (χ3v) is 2.74. The summed E-state index contributed by atoms with van der Waals surface area (Å²) in [6.07, 6.45) is 2.92. The van der Waals surface area contributed by atoms with Gasteiger partial charge in [0.2, 0.25) is 0 Å². The summed E-state index contributed by atoms with van der Waals surface area (Å²) in [5.74, 6) is -0.00694. The molecule has 0 aromatic carbocycles. The Morgan fingerprint density at radius 2 is 2.24 bits per heavy atom. The fourth-order valence-corrected chi connectivity index (χ4v) is 1.89. The summed E-state index contributed by atoms with van der Waals surface area (Å²) in [6.45, 7) is 7.23. The van der Waals surface area contributed by atoms with Crippen molar-refractivity contribution in [3.05, 3.63) is 24.0 Å². The zero-order valence-corrected chi connectivity index (χ0v) is 10.9. The lowest BCUT2D eigenvalue weighted by atomic mass is 10.2. The first kappa shape index (κ1) is 13.8. The Morgan fingerprint density at radius 1 is 1.53 bits per heavy atom. The fraction of sp³-hybridized carbons (Fsp3) is 0.615. The van der Waals surface area contributed by atoms with Gasteiger partial charge in [0.15, 0.2) is 0 Å². The molecule has 0 atom stereocenters. The zero-order chi connectivity index (χ0) is 12.8. The summed E-state index contributed by atoms with van der Waals surface area (Å²) < 4.78 is 1.97. The Kier molecular flexibility index (Phi) is 5.22. The summed E-state index contributed by atoms with van der Waals surface area (Å²) >= 11 is 0. The maximum atomic E-state index is 12.3. The first-order chi connectivity index (χ1) is 8.11. The highest BCUT2D eigenvalue weighted by Gasteiger charge is 2.20. The van der Waals surface area contributed by atoms with E-state index in [0.717, 1.165) is 13.0 Å². The smallest absolute Gasteiger partial charge is 0.270 e. The number of hydrogen-bond donors (Lipinski definition) is 1. The van der Waals surface area contributed by atoms with Crippen LogP contribution in [0.15, 0.2) is 18.3 Å². The number of carbonyl (C=O) groups excluding carboxylic acids is 1. The van der Waals surface area contributed by atoms with E-state index in [0.29, 0.717) is 12.2 Å². The van der Waals surface area contributed by atoms with Crippen molar-refractivity contribution in [3.63, 3.8) is 0 Å². The standard InChI is InChI=1S/C13H22N2O2/c1-4-7-14-8-5-6-12(14)13(17)15(9-10-16)11(2)3/h5-6,8,11,16H,4,7,9-10H2,1-3H3. The number of nitrogens with zero attached hydrogens (tertiary/aromatic N) is 2. The summed E-state index contributed by atoms with van der Waals surface area (Å²) in [6, 6.07) is 3.82. The molecule has 1 heterocycles. The number of aryl methyl sites for hydroxylation is 1. The first-order valence-corrected chi connectivity index (χ1v) is 6.18. The van der Waals surface area contributed by atoms with E-state index in [1.54, 1.807) is 4.90 Å². The third-order valence-electron chi connectivity index (χ3n) is 2.74. The van der Waals surface area contributed by atoms with E-state index in [1.165, 1.54) is 0 Å². The van der Waals surface area contributed by atoms with Gasteiger partial charge in [0.05, 0.1) is 6.61 Å². The van der Waals surface area contributed by atoms with Gasteiger partial charge in [0, 0.05) is 25.3 Å². The molecule has 0 saturated heterocycles. The Balaban J connectivity index is 2.88. The van der Waals surface area contributed by atoms with Gasteiger partial charge in [-0.1, -0.05) is 6.92 Å². The van der Waals surface area contributed by atoms with Crippen LogP contribution in [0.5, 0.6) is 0 Å². The molecule has 0 radical (unpaired) electrons. The average Bonchev–Trinajstić information content (AvgIpc) is 2.73. The number of aromatic nitrogens is 1. The van der Waals surface area contributed by atoms with Gasteiger partial charge < -0.3 is 14.6 Å². The van der Waals surface area contributed by atoms with Crippen molar-refractivity contribution in [1.29, 1.82) is 0 Å². The van der Waals surface area contributed by atoms with Crippen LogP contribution in [0.2, 0.25) is 0 Å². The highest BCUT2D eigenvalue weighted by Crippen LogP contribution is 2.10. The Bertz CT molecular complexity index is 358. The second-order valence-corrected chi connectivity index (χ2v) is 4.40. The van der Waals surface area contributed by atoms with Crippen LogP contribution in [0, 0.1) is 0 Å². The molecule has 0 spiro atoms. The van der Waals surface area contributed by atoms with Gasteiger partial charge >= 0.3 is 0 Å². The normalized spacial score (nSPS) is 10.9. The monoisotopic (exact) mass is 238 g/mol. The Labute approximate surface area is 103 Å². The molecule has 4 heteroatoms. The molecule has 1 aromatic rings. The minimum Gasteiger partial charge on any atom is -0.395 e. The van der Waals surface area contributed by atoms with Crippen molar-refractivity contribution in [1.82, 2.24) is 9.47 Å². The second-order valence-electron chi connectivity index (χ2n) is 4.40. The summed E-state index contributed by atoms with van der Waals surface area (Å²) in [4.78, 5) is 14.0. The van der Waals surface area contributed by atoms with E-state index in [4.69, 9.17) is 5.11 Å². The Hall–Kier alpha value is -1.29. The molecule has 96 valence electrons. The number of amides is 1. The van der Waals surface area contributed by atoms with Gasteiger partial charge in [0.1, 0.15) is 5.69 Å². The SMILES string of the molecule is CCCn1cccc1C(=O)N(CCO)C(C)C. The molecule has 1 aromatic heterocycles. The molecule has 0 bridgehead atoms. The third kappa shape index (κ3) is 3.33. The predicted octanol–water partition coefficient (Wildman–Crippen LogP) is 1.74. The summed E-state index contributed by atoms with van der Waals surface area (Å²) in [5.41, 5.74) is 0.703. The summed E-state index contributed by atoms with van der Waals surface area (Å²) in [5, 5.41) is 9.00. The first-order valence-electron chi connectivity index (χ1n) is 6.18. The largest absolute Gasteiger partial charge is 0.395 e. The van der Waals surface area contributed by atoms with Crippen LogP contribution >= 0.6 is 0 Å². The van der Waals surface area contributed by atoms with Crippen LogP contribution in [-0.4, -0.2) is 39.7 Å². The van der Waals surface area contributed by atoms with E-state index in [1.807, 2.05) is 36.7 Å². The molecule has 0 aliphatic rings. The van der Waals surface area contributed by atoms with Gasteiger partial charge in [-0.3, -0.25) is 4.79 Å². The number of aliphatic hydroxyl groups is 1. The lowest BCUT2D eigenvalue weighted by Crippen LogP contribution is -2.39. The van der Waals surface area contributed by atoms with E-state index in [9.17, 15) is 4.79 Å². The van der Waals surface area contributed by atoms with Crippen molar-refractivity contribution >= 4 is 5.91 Å². The molecule has 4 nitrogen and oxygen atoms in total. The molecular weight excluding hydrogens is 216 g/mol. The van der Waals surface area contributed by atoms with E-state index in [2.05, 4.69) is 6.92 Å². The predicted molar refractivity (Wildman–Crippen MR) is 68.0 cm³/mol. The highest BCUT2D eigenvalue weighted by atomic mass is 16.3. The zero-order valence-electron chi connectivity index (χ0n) is 10.9. The molecule has 1 amide bonds. The molecule has 1 N–H and O–H groups in total. The number of aliphatic hydroxyl groups excluding tert-OH is 1. The van der Waals surface area contributed by atoms with Crippen molar-refractivity contribution in [2.45, 2.75) is 39.8 Å². The minimum atomic E-state index is -0.00694. The quantitative estimate of drug-likeness (QED) is 0.820.